The third-order valence-corrected chi connectivity index (χ3v) is 9.28. The molecule has 4 amide bonds. The number of methoxy groups -OCH3 is 1. The van der Waals surface area contributed by atoms with E-state index in [1.165, 1.54) is 18.4 Å². The number of halogens is 1. The molecule has 13 heteroatoms. The lowest BCUT2D eigenvalue weighted by Crippen LogP contribution is -2.41. The second kappa shape index (κ2) is 11.1. The molecular formula is C24H28ClN5O5S2. The lowest BCUT2D eigenvalue weighted by molar-refractivity contribution is -0.134. The molecule has 0 saturated carbocycles. The van der Waals surface area contributed by atoms with E-state index in [1.54, 1.807) is 33.8 Å². The van der Waals surface area contributed by atoms with Gasteiger partial charge in [0.15, 0.2) is 5.13 Å². The minimum Gasteiger partial charge on any atom is -0.453 e. The lowest BCUT2D eigenvalue weighted by Gasteiger charge is -2.26. The van der Waals surface area contributed by atoms with Crippen molar-refractivity contribution < 1.29 is 23.9 Å². The fourth-order valence-corrected chi connectivity index (χ4v) is 7.12. The molecule has 2 aromatic rings. The summed E-state index contributed by atoms with van der Waals surface area (Å²) < 4.78 is 11.1. The molecule has 1 atom stereocenters. The number of nitrogens with zero attached hydrogens (tertiary/aromatic N) is 4. The molecule has 1 aromatic carbocycles. The number of benzene rings is 1. The van der Waals surface area contributed by atoms with Gasteiger partial charge in [-0.2, -0.15) is 0 Å². The topological polar surface area (TPSA) is 104 Å². The van der Waals surface area contributed by atoms with Crippen molar-refractivity contribution >= 4 is 63.6 Å². The number of carbonyl (C=O) groups is 3. The second-order valence-corrected chi connectivity index (χ2v) is 12.0. The molecule has 198 valence electrons. The Morgan fingerprint density at radius 2 is 2.03 bits per heavy atom. The van der Waals surface area contributed by atoms with Gasteiger partial charge in [-0.25, -0.2) is 14.6 Å². The van der Waals surface area contributed by atoms with Gasteiger partial charge in [-0.15, -0.1) is 11.8 Å². The van der Waals surface area contributed by atoms with Crippen LogP contribution in [0.3, 0.4) is 0 Å². The van der Waals surface area contributed by atoms with Gasteiger partial charge in [0.05, 0.1) is 30.7 Å². The minimum absolute atomic E-state index is 0.133. The molecule has 0 aliphatic carbocycles. The maximum Gasteiger partial charge on any atom is 0.409 e. The summed E-state index contributed by atoms with van der Waals surface area (Å²) in [5.74, 6) is 0.777. The van der Waals surface area contributed by atoms with E-state index in [0.29, 0.717) is 74.7 Å². The predicted octanol–water partition coefficient (Wildman–Crippen LogP) is 3.90. The highest BCUT2D eigenvalue weighted by atomic mass is 35.5. The zero-order valence-electron chi connectivity index (χ0n) is 20.4. The van der Waals surface area contributed by atoms with Crippen LogP contribution in [0.4, 0.5) is 20.4 Å². The first-order chi connectivity index (χ1) is 17.9. The van der Waals surface area contributed by atoms with Gasteiger partial charge in [-0.3, -0.25) is 15.0 Å². The number of anilines is 2. The monoisotopic (exact) mass is 565 g/mol. The Bertz CT molecular complexity index is 1190. The summed E-state index contributed by atoms with van der Waals surface area (Å²) in [7, 11) is 1.37. The molecule has 3 aliphatic heterocycles. The van der Waals surface area contributed by atoms with Gasteiger partial charge >= 0.3 is 12.1 Å². The normalized spacial score (nSPS) is 20.9. The molecule has 1 N–H and O–H groups in total. The van der Waals surface area contributed by atoms with Crippen LogP contribution in [0.25, 0.3) is 0 Å². The zero-order chi connectivity index (χ0) is 26.0. The standard InChI is InChI=1S/C24H28ClN5O5S2/c1-34-23(33)29-6-5-24(14-29)15-30(18-3-2-16(25)12-17(18)24)22(32)27-21-26-13-20(37-21)36-11-4-19(31)28-7-9-35-10-8-28/h2-3,12-13H,4-11,14-15H2,1H3,(H,26,27,32). The molecular weight excluding hydrogens is 538 g/mol. The third-order valence-electron chi connectivity index (χ3n) is 6.94. The number of aromatic nitrogens is 1. The Balaban J connectivity index is 1.21. The van der Waals surface area contributed by atoms with Crippen LogP contribution >= 0.6 is 34.7 Å². The smallest absolute Gasteiger partial charge is 0.409 e. The zero-order valence-corrected chi connectivity index (χ0v) is 22.8. The maximum atomic E-state index is 13.3. The molecule has 10 nitrogen and oxygen atoms in total. The van der Waals surface area contributed by atoms with Crippen LogP contribution in [0.5, 0.6) is 0 Å². The molecule has 2 fully saturated rings. The van der Waals surface area contributed by atoms with Crippen molar-refractivity contribution in [3.63, 3.8) is 0 Å². The van der Waals surface area contributed by atoms with Gasteiger partial charge in [0, 0.05) is 61.0 Å². The SMILES string of the molecule is COC(=O)N1CCC2(C1)CN(C(=O)Nc1ncc(SCCC(=O)N3CCOCC3)s1)c1ccc(Cl)cc12. The van der Waals surface area contributed by atoms with Gasteiger partial charge in [0.25, 0.3) is 0 Å². The van der Waals surface area contributed by atoms with E-state index in [2.05, 4.69) is 10.3 Å². The van der Waals surface area contributed by atoms with Crippen LogP contribution in [0.1, 0.15) is 18.4 Å². The first-order valence-corrected chi connectivity index (χ1v) is 14.2. The summed E-state index contributed by atoms with van der Waals surface area (Å²) >= 11 is 9.24. The number of nitrogens with one attached hydrogen (secondary N) is 1. The Hall–Kier alpha value is -2.54. The number of likely N-dealkylation sites (tertiary alicyclic amines) is 1. The van der Waals surface area contributed by atoms with Crippen molar-refractivity contribution in [3.8, 4) is 0 Å². The third kappa shape index (κ3) is 5.52. The number of urea groups is 1. The maximum absolute atomic E-state index is 13.3. The number of ether oxygens (including phenoxy) is 2. The summed E-state index contributed by atoms with van der Waals surface area (Å²) in [5.41, 5.74) is 1.34. The Morgan fingerprint density at radius 3 is 2.81 bits per heavy atom. The van der Waals surface area contributed by atoms with E-state index < -0.39 is 5.41 Å². The fraction of sp³-hybridized carbons (Fsp3) is 0.500. The van der Waals surface area contributed by atoms with E-state index in [1.807, 2.05) is 17.0 Å². The molecule has 1 spiro atoms. The molecule has 5 rings (SSSR count). The van der Waals surface area contributed by atoms with Gasteiger partial charge in [-0.05, 0) is 30.2 Å². The number of carbonyl (C=O) groups excluding carboxylic acids is 3. The van der Waals surface area contributed by atoms with Crippen molar-refractivity contribution in [1.82, 2.24) is 14.8 Å². The number of rotatable bonds is 5. The highest BCUT2D eigenvalue weighted by molar-refractivity contribution is 8.01. The summed E-state index contributed by atoms with van der Waals surface area (Å²) in [6, 6.07) is 5.22. The molecule has 0 radical (unpaired) electrons. The molecule has 4 heterocycles. The number of morpholine rings is 1. The number of thioether (sulfide) groups is 1. The highest BCUT2D eigenvalue weighted by Crippen LogP contribution is 2.47. The largest absolute Gasteiger partial charge is 0.453 e. The fourth-order valence-electron chi connectivity index (χ4n) is 5.08. The summed E-state index contributed by atoms with van der Waals surface area (Å²) in [4.78, 5) is 47.4. The van der Waals surface area contributed by atoms with E-state index in [9.17, 15) is 14.4 Å². The van der Waals surface area contributed by atoms with Crippen LogP contribution < -0.4 is 10.2 Å². The first-order valence-electron chi connectivity index (χ1n) is 12.0. The predicted molar refractivity (Wildman–Crippen MR) is 143 cm³/mol. The van der Waals surface area contributed by atoms with Crippen LogP contribution in [0.15, 0.2) is 28.6 Å². The number of fused-ring (bicyclic) bond motifs is 2. The van der Waals surface area contributed by atoms with Gasteiger partial charge < -0.3 is 19.3 Å². The second-order valence-electron chi connectivity index (χ2n) is 9.18. The first kappa shape index (κ1) is 26.1. The van der Waals surface area contributed by atoms with E-state index >= 15 is 0 Å². The van der Waals surface area contributed by atoms with E-state index in [0.717, 1.165) is 15.5 Å². The number of hydrogen-bond donors (Lipinski definition) is 1. The molecule has 0 bridgehead atoms. The summed E-state index contributed by atoms with van der Waals surface area (Å²) in [6.07, 6.45) is 2.50. The number of hydrogen-bond acceptors (Lipinski definition) is 8. The highest BCUT2D eigenvalue weighted by Gasteiger charge is 2.50. The molecule has 37 heavy (non-hydrogen) atoms. The van der Waals surface area contributed by atoms with E-state index in [-0.39, 0.29) is 18.0 Å². The Labute approximate surface area is 228 Å². The van der Waals surface area contributed by atoms with Gasteiger partial charge in [0.1, 0.15) is 0 Å². The van der Waals surface area contributed by atoms with Crippen LogP contribution in [0, 0.1) is 0 Å². The van der Waals surface area contributed by atoms with Gasteiger partial charge in [0.2, 0.25) is 5.91 Å². The average molecular weight is 566 g/mol. The van der Waals surface area contributed by atoms with Crippen molar-refractivity contribution in [3.05, 3.63) is 35.0 Å². The van der Waals surface area contributed by atoms with Crippen LogP contribution in [-0.2, 0) is 19.7 Å². The molecule has 1 unspecified atom stereocenters. The quantitative estimate of drug-likeness (QED) is 0.548. The minimum atomic E-state index is -0.400. The average Bonchev–Trinajstić information content (AvgIpc) is 3.62. The number of amides is 4. The van der Waals surface area contributed by atoms with Crippen molar-refractivity contribution in [2.45, 2.75) is 22.5 Å². The summed E-state index contributed by atoms with van der Waals surface area (Å²) in [5, 5.41) is 4.00. The lowest BCUT2D eigenvalue weighted by atomic mass is 9.81. The molecule has 1 aromatic heterocycles. The van der Waals surface area contributed by atoms with Crippen LogP contribution in [0.2, 0.25) is 5.02 Å². The molecule has 2 saturated heterocycles. The van der Waals surface area contributed by atoms with Crippen molar-refractivity contribution in [2.24, 2.45) is 0 Å². The Kier molecular flexibility index (Phi) is 7.80. The van der Waals surface area contributed by atoms with Crippen molar-refractivity contribution in [2.75, 3.05) is 69.0 Å². The summed E-state index contributed by atoms with van der Waals surface area (Å²) in [6.45, 7) is 3.92. The van der Waals surface area contributed by atoms with Crippen LogP contribution in [-0.4, -0.2) is 91.6 Å². The van der Waals surface area contributed by atoms with E-state index in [4.69, 9.17) is 21.1 Å². The molecule has 3 aliphatic rings. The van der Waals surface area contributed by atoms with Crippen molar-refractivity contribution in [1.29, 1.82) is 0 Å². The van der Waals surface area contributed by atoms with Gasteiger partial charge in [-0.1, -0.05) is 22.9 Å². The Morgan fingerprint density at radius 1 is 1.22 bits per heavy atom. The number of thiazole rings is 1.